The van der Waals surface area contributed by atoms with Gasteiger partial charge in [0.05, 0.1) is 11.3 Å². The van der Waals surface area contributed by atoms with E-state index >= 15 is 0 Å². The van der Waals surface area contributed by atoms with Gasteiger partial charge in [0.15, 0.2) is 0 Å². The van der Waals surface area contributed by atoms with Gasteiger partial charge >= 0.3 is 0 Å². The number of aliphatic hydroxyl groups is 1. The number of rotatable bonds is 6. The third-order valence-corrected chi connectivity index (χ3v) is 2.59. The zero-order valence-electron chi connectivity index (χ0n) is 10.7. The second-order valence-electron chi connectivity index (χ2n) is 4.75. The number of nitrogens with one attached hydrogen (secondary N) is 1. The van der Waals surface area contributed by atoms with E-state index in [1.807, 2.05) is 31.6 Å². The van der Waals surface area contributed by atoms with Crippen LogP contribution in [0.15, 0.2) is 6.07 Å². The summed E-state index contributed by atoms with van der Waals surface area (Å²) in [6.45, 7) is 7.50. The van der Waals surface area contributed by atoms with Crippen LogP contribution in [0.1, 0.15) is 31.7 Å². The molecule has 0 saturated carbocycles. The molecule has 1 heterocycles. The molecule has 92 valence electrons. The summed E-state index contributed by atoms with van der Waals surface area (Å²) in [5.41, 5.74) is 1.35. The SMILES string of the molecule is CCCNCC(C)(O)Cc1cc(C)nn1C. The molecule has 16 heavy (non-hydrogen) atoms. The van der Waals surface area contributed by atoms with Gasteiger partial charge in [0.2, 0.25) is 0 Å². The summed E-state index contributed by atoms with van der Waals surface area (Å²) in [5.74, 6) is 0. The van der Waals surface area contributed by atoms with Crippen molar-refractivity contribution in [1.82, 2.24) is 15.1 Å². The first-order chi connectivity index (χ1) is 7.44. The fourth-order valence-corrected chi connectivity index (χ4v) is 1.82. The Labute approximate surface area is 97.7 Å². The van der Waals surface area contributed by atoms with Gasteiger partial charge in [-0.25, -0.2) is 0 Å². The second-order valence-corrected chi connectivity index (χ2v) is 4.75. The molecule has 0 aliphatic heterocycles. The highest BCUT2D eigenvalue weighted by atomic mass is 16.3. The molecule has 0 spiro atoms. The van der Waals surface area contributed by atoms with Crippen molar-refractivity contribution in [2.45, 2.75) is 39.2 Å². The fourth-order valence-electron chi connectivity index (χ4n) is 1.82. The van der Waals surface area contributed by atoms with Crippen molar-refractivity contribution in [3.63, 3.8) is 0 Å². The first-order valence-corrected chi connectivity index (χ1v) is 5.87. The average molecular weight is 225 g/mol. The summed E-state index contributed by atoms with van der Waals surface area (Å²) < 4.78 is 1.84. The van der Waals surface area contributed by atoms with Crippen LogP contribution in [0.25, 0.3) is 0 Å². The molecule has 4 heteroatoms. The van der Waals surface area contributed by atoms with E-state index < -0.39 is 5.60 Å². The van der Waals surface area contributed by atoms with Gasteiger partial charge in [0, 0.05) is 25.7 Å². The van der Waals surface area contributed by atoms with E-state index in [2.05, 4.69) is 17.3 Å². The minimum absolute atomic E-state index is 0.616. The third-order valence-electron chi connectivity index (χ3n) is 2.59. The molecule has 0 aliphatic carbocycles. The topological polar surface area (TPSA) is 50.1 Å². The number of aryl methyl sites for hydroxylation is 2. The van der Waals surface area contributed by atoms with Gasteiger partial charge in [-0.1, -0.05) is 6.92 Å². The van der Waals surface area contributed by atoms with Gasteiger partial charge in [-0.3, -0.25) is 4.68 Å². The van der Waals surface area contributed by atoms with Crippen LogP contribution in [-0.4, -0.2) is 33.6 Å². The minimum Gasteiger partial charge on any atom is -0.388 e. The normalized spacial score (nSPS) is 15.1. The van der Waals surface area contributed by atoms with Crippen LogP contribution in [-0.2, 0) is 13.5 Å². The Balaban J connectivity index is 2.54. The summed E-state index contributed by atoms with van der Waals surface area (Å²) in [5, 5.41) is 17.7. The zero-order valence-corrected chi connectivity index (χ0v) is 10.7. The van der Waals surface area contributed by atoms with E-state index in [0.29, 0.717) is 13.0 Å². The summed E-state index contributed by atoms with van der Waals surface area (Å²) in [6.07, 6.45) is 1.71. The summed E-state index contributed by atoms with van der Waals surface area (Å²) in [6, 6.07) is 2.02. The molecule has 0 radical (unpaired) electrons. The molecule has 0 saturated heterocycles. The zero-order chi connectivity index (χ0) is 12.2. The Morgan fingerprint density at radius 1 is 1.56 bits per heavy atom. The highest BCUT2D eigenvalue weighted by molar-refractivity contribution is 5.11. The molecule has 2 N–H and O–H groups in total. The molecular weight excluding hydrogens is 202 g/mol. The Morgan fingerprint density at radius 3 is 2.75 bits per heavy atom. The largest absolute Gasteiger partial charge is 0.388 e. The first-order valence-electron chi connectivity index (χ1n) is 5.87. The Bertz CT molecular complexity index is 331. The third kappa shape index (κ3) is 3.94. The van der Waals surface area contributed by atoms with Gasteiger partial charge in [0.25, 0.3) is 0 Å². The van der Waals surface area contributed by atoms with Crippen molar-refractivity contribution < 1.29 is 5.11 Å². The monoisotopic (exact) mass is 225 g/mol. The molecule has 0 amide bonds. The van der Waals surface area contributed by atoms with Gasteiger partial charge in [0.1, 0.15) is 0 Å². The summed E-state index contributed by atoms with van der Waals surface area (Å²) in [4.78, 5) is 0. The predicted molar refractivity (Wildman–Crippen MR) is 65.4 cm³/mol. The standard InChI is InChI=1S/C12H23N3O/c1-5-6-13-9-12(3,16)8-11-7-10(2)14-15(11)4/h7,13,16H,5-6,8-9H2,1-4H3. The van der Waals surface area contributed by atoms with Crippen LogP contribution in [0.3, 0.4) is 0 Å². The van der Waals surface area contributed by atoms with Gasteiger partial charge < -0.3 is 10.4 Å². The summed E-state index contributed by atoms with van der Waals surface area (Å²) >= 11 is 0. The van der Waals surface area contributed by atoms with Crippen LogP contribution in [0, 0.1) is 6.92 Å². The van der Waals surface area contributed by atoms with Crippen molar-refractivity contribution in [2.75, 3.05) is 13.1 Å². The molecule has 1 unspecified atom stereocenters. The quantitative estimate of drug-likeness (QED) is 0.711. The van der Waals surface area contributed by atoms with E-state index in [9.17, 15) is 5.11 Å². The van der Waals surface area contributed by atoms with E-state index in [1.165, 1.54) is 0 Å². The summed E-state index contributed by atoms with van der Waals surface area (Å²) in [7, 11) is 1.91. The van der Waals surface area contributed by atoms with E-state index in [4.69, 9.17) is 0 Å². The maximum absolute atomic E-state index is 10.2. The molecular formula is C12H23N3O. The molecule has 4 nitrogen and oxygen atoms in total. The number of nitrogens with zero attached hydrogens (tertiary/aromatic N) is 2. The lowest BCUT2D eigenvalue weighted by Gasteiger charge is -2.23. The highest BCUT2D eigenvalue weighted by Gasteiger charge is 2.22. The Hall–Kier alpha value is -0.870. The lowest BCUT2D eigenvalue weighted by atomic mass is 10.00. The molecule has 0 fully saturated rings. The maximum atomic E-state index is 10.2. The van der Waals surface area contributed by atoms with Crippen molar-refractivity contribution in [2.24, 2.45) is 7.05 Å². The maximum Gasteiger partial charge on any atom is 0.0798 e. The van der Waals surface area contributed by atoms with Crippen LogP contribution < -0.4 is 5.32 Å². The Kier molecular flexibility index (Phi) is 4.50. The highest BCUT2D eigenvalue weighted by Crippen LogP contribution is 2.13. The minimum atomic E-state index is -0.713. The van der Waals surface area contributed by atoms with E-state index in [1.54, 1.807) is 0 Å². The van der Waals surface area contributed by atoms with Crippen molar-refractivity contribution >= 4 is 0 Å². The van der Waals surface area contributed by atoms with Gasteiger partial charge in [-0.15, -0.1) is 0 Å². The lowest BCUT2D eigenvalue weighted by molar-refractivity contribution is 0.0584. The molecule has 1 aromatic heterocycles. The van der Waals surface area contributed by atoms with E-state index in [-0.39, 0.29) is 0 Å². The fraction of sp³-hybridized carbons (Fsp3) is 0.750. The molecule has 0 aromatic carbocycles. The molecule has 0 aliphatic rings. The van der Waals surface area contributed by atoms with Crippen LogP contribution >= 0.6 is 0 Å². The van der Waals surface area contributed by atoms with Gasteiger partial charge in [-0.05, 0) is 32.9 Å². The van der Waals surface area contributed by atoms with Crippen molar-refractivity contribution in [3.8, 4) is 0 Å². The van der Waals surface area contributed by atoms with Gasteiger partial charge in [-0.2, -0.15) is 5.10 Å². The van der Waals surface area contributed by atoms with Crippen LogP contribution in [0.5, 0.6) is 0 Å². The first kappa shape index (κ1) is 13.2. The van der Waals surface area contributed by atoms with Crippen molar-refractivity contribution in [3.05, 3.63) is 17.5 Å². The lowest BCUT2D eigenvalue weighted by Crippen LogP contribution is -2.40. The number of hydrogen-bond donors (Lipinski definition) is 2. The van der Waals surface area contributed by atoms with Crippen LogP contribution in [0.4, 0.5) is 0 Å². The molecule has 1 atom stereocenters. The second kappa shape index (κ2) is 5.46. The average Bonchev–Trinajstić information content (AvgIpc) is 2.44. The van der Waals surface area contributed by atoms with Crippen LogP contribution in [0.2, 0.25) is 0 Å². The molecule has 0 bridgehead atoms. The molecule has 1 rings (SSSR count). The molecule has 1 aromatic rings. The van der Waals surface area contributed by atoms with Crippen molar-refractivity contribution in [1.29, 1.82) is 0 Å². The number of aromatic nitrogens is 2. The number of hydrogen-bond acceptors (Lipinski definition) is 3. The smallest absolute Gasteiger partial charge is 0.0798 e. The Morgan fingerprint density at radius 2 is 2.25 bits per heavy atom. The predicted octanol–water partition coefficient (Wildman–Crippen LogP) is 1.02. The van der Waals surface area contributed by atoms with E-state index in [0.717, 1.165) is 24.4 Å².